The maximum absolute atomic E-state index is 12.1. The molecule has 1 rings (SSSR count). The molecule has 9 heteroatoms. The van der Waals surface area contributed by atoms with Crippen LogP contribution in [0.3, 0.4) is 0 Å². The van der Waals surface area contributed by atoms with E-state index < -0.39 is 41.9 Å². The van der Waals surface area contributed by atoms with Crippen LogP contribution in [0.2, 0.25) is 0 Å². The van der Waals surface area contributed by atoms with Gasteiger partial charge in [0.15, 0.2) is 0 Å². The zero-order valence-electron chi connectivity index (χ0n) is 13.7. The van der Waals surface area contributed by atoms with Gasteiger partial charge in [-0.2, -0.15) is 0 Å². The third-order valence-corrected chi connectivity index (χ3v) is 3.69. The molecule has 4 atom stereocenters. The number of amides is 2. The molecule has 0 aromatic heterocycles. The summed E-state index contributed by atoms with van der Waals surface area (Å²) in [6.45, 7) is 5.08. The Hall–Kier alpha value is -2.16. The number of aliphatic carboxylic acids is 1. The van der Waals surface area contributed by atoms with Crippen molar-refractivity contribution in [2.75, 3.05) is 20.2 Å². The van der Waals surface area contributed by atoms with Crippen molar-refractivity contribution in [1.29, 1.82) is 0 Å². The number of nitrogens with zero attached hydrogens (tertiary/aromatic N) is 1. The van der Waals surface area contributed by atoms with Crippen molar-refractivity contribution in [1.82, 2.24) is 15.5 Å². The van der Waals surface area contributed by atoms with Crippen LogP contribution in [0.5, 0.6) is 0 Å². The molecule has 23 heavy (non-hydrogen) atoms. The first-order valence-electron chi connectivity index (χ1n) is 7.32. The summed E-state index contributed by atoms with van der Waals surface area (Å²) in [6.07, 6.45) is 0. The average Bonchev–Trinajstić information content (AvgIpc) is 3.28. The topological polar surface area (TPSA) is 125 Å². The van der Waals surface area contributed by atoms with E-state index in [1.165, 1.54) is 18.9 Å². The van der Waals surface area contributed by atoms with Gasteiger partial charge in [-0.1, -0.05) is 13.8 Å². The van der Waals surface area contributed by atoms with Crippen molar-refractivity contribution in [3.63, 3.8) is 0 Å². The Labute approximate surface area is 134 Å². The van der Waals surface area contributed by atoms with Crippen LogP contribution in [0, 0.1) is 5.92 Å². The maximum Gasteiger partial charge on any atom is 0.325 e. The Bertz CT molecular complexity index is 493. The zero-order chi connectivity index (χ0) is 17.7. The van der Waals surface area contributed by atoms with Crippen molar-refractivity contribution in [3.05, 3.63) is 0 Å². The number of hydrogen-bond donors (Lipinski definition) is 3. The van der Waals surface area contributed by atoms with Gasteiger partial charge in [0, 0.05) is 6.54 Å². The Morgan fingerprint density at radius 1 is 1.26 bits per heavy atom. The number of carbonyl (C=O) groups is 4. The van der Waals surface area contributed by atoms with Crippen LogP contribution < -0.4 is 10.6 Å². The van der Waals surface area contributed by atoms with E-state index in [1.54, 1.807) is 13.8 Å². The summed E-state index contributed by atoms with van der Waals surface area (Å²) in [7, 11) is 1.21. The number of ether oxygens (including phenoxy) is 1. The largest absolute Gasteiger partial charge is 0.480 e. The summed E-state index contributed by atoms with van der Waals surface area (Å²) >= 11 is 0. The van der Waals surface area contributed by atoms with Crippen LogP contribution >= 0.6 is 0 Å². The summed E-state index contributed by atoms with van der Waals surface area (Å²) in [5.74, 6) is -2.67. The van der Waals surface area contributed by atoms with Gasteiger partial charge in [0.1, 0.15) is 24.7 Å². The molecule has 0 saturated carbocycles. The van der Waals surface area contributed by atoms with E-state index in [0.717, 1.165) is 0 Å². The molecule has 3 unspecified atom stereocenters. The smallest absolute Gasteiger partial charge is 0.325 e. The number of esters is 1. The lowest BCUT2D eigenvalue weighted by molar-refractivity contribution is -0.141. The van der Waals surface area contributed by atoms with E-state index in [0.29, 0.717) is 6.54 Å². The van der Waals surface area contributed by atoms with Crippen molar-refractivity contribution < 1.29 is 29.0 Å². The van der Waals surface area contributed by atoms with Crippen LogP contribution in [-0.4, -0.2) is 72.1 Å². The van der Waals surface area contributed by atoms with Gasteiger partial charge in [-0.25, -0.2) is 0 Å². The minimum absolute atomic E-state index is 0.194. The third kappa shape index (κ3) is 5.20. The lowest BCUT2D eigenvalue weighted by atomic mass is 10.0. The number of hydrogen-bond acceptors (Lipinski definition) is 6. The quantitative estimate of drug-likeness (QED) is 0.368. The van der Waals surface area contributed by atoms with Crippen molar-refractivity contribution in [2.45, 2.75) is 38.9 Å². The molecule has 1 aliphatic heterocycles. The fraction of sp³-hybridized carbons (Fsp3) is 0.714. The lowest BCUT2D eigenvalue weighted by Gasteiger charge is -2.21. The third-order valence-electron chi connectivity index (χ3n) is 3.69. The molecule has 0 bridgehead atoms. The van der Waals surface area contributed by atoms with Gasteiger partial charge in [0.2, 0.25) is 11.8 Å². The van der Waals surface area contributed by atoms with Crippen LogP contribution in [0.25, 0.3) is 0 Å². The SMILES string of the molecule is COC(=O)CNC(=O)[C@@H](NC(=O)C1CN1C(C)C(=O)O)C(C)C. The van der Waals surface area contributed by atoms with E-state index >= 15 is 0 Å². The maximum atomic E-state index is 12.1. The Kier molecular flexibility index (Phi) is 6.49. The van der Waals surface area contributed by atoms with Crippen LogP contribution in [0.4, 0.5) is 0 Å². The Balaban J connectivity index is 2.56. The number of methoxy groups -OCH3 is 1. The van der Waals surface area contributed by atoms with E-state index in [-0.39, 0.29) is 12.5 Å². The normalized spacial score (nSPS) is 22.0. The second-order valence-corrected chi connectivity index (χ2v) is 5.75. The highest BCUT2D eigenvalue weighted by atomic mass is 16.5. The molecule has 1 saturated heterocycles. The van der Waals surface area contributed by atoms with E-state index in [2.05, 4.69) is 15.4 Å². The van der Waals surface area contributed by atoms with Crippen LogP contribution in [0.1, 0.15) is 20.8 Å². The van der Waals surface area contributed by atoms with Gasteiger partial charge in [-0.3, -0.25) is 24.1 Å². The number of carboxylic acids is 1. The van der Waals surface area contributed by atoms with E-state index in [4.69, 9.17) is 5.11 Å². The first-order chi connectivity index (χ1) is 10.7. The molecule has 0 spiro atoms. The Morgan fingerprint density at radius 2 is 1.87 bits per heavy atom. The molecular weight excluding hydrogens is 306 g/mol. The van der Waals surface area contributed by atoms with E-state index in [9.17, 15) is 19.2 Å². The minimum Gasteiger partial charge on any atom is -0.480 e. The monoisotopic (exact) mass is 329 g/mol. The van der Waals surface area contributed by atoms with Crippen molar-refractivity contribution in [2.24, 2.45) is 5.92 Å². The first-order valence-corrected chi connectivity index (χ1v) is 7.32. The average molecular weight is 329 g/mol. The molecule has 0 aliphatic carbocycles. The summed E-state index contributed by atoms with van der Waals surface area (Å²) in [4.78, 5) is 47.6. The highest BCUT2D eigenvalue weighted by Crippen LogP contribution is 2.22. The molecule has 2 amide bonds. The molecule has 1 aliphatic rings. The number of nitrogens with one attached hydrogen (secondary N) is 2. The van der Waals surface area contributed by atoms with E-state index in [1.807, 2.05) is 0 Å². The highest BCUT2D eigenvalue weighted by Gasteiger charge is 2.46. The summed E-state index contributed by atoms with van der Waals surface area (Å²) in [5.41, 5.74) is 0. The number of rotatable bonds is 8. The standard InChI is InChI=1S/C14H23N3O6/c1-7(2)11(13(20)15-5-10(18)23-4)16-12(19)9-6-17(9)8(3)14(21)22/h7-9,11H,5-6H2,1-4H3,(H,15,20)(H,16,19)(H,21,22)/t8?,9?,11-,17?/m0/s1. The molecule has 0 aromatic carbocycles. The first kappa shape index (κ1) is 18.9. The molecule has 130 valence electrons. The van der Waals surface area contributed by atoms with Gasteiger partial charge < -0.3 is 20.5 Å². The van der Waals surface area contributed by atoms with Crippen LogP contribution in [-0.2, 0) is 23.9 Å². The van der Waals surface area contributed by atoms with Gasteiger partial charge in [0.25, 0.3) is 0 Å². The van der Waals surface area contributed by atoms with Gasteiger partial charge in [0.05, 0.1) is 7.11 Å². The summed E-state index contributed by atoms with van der Waals surface area (Å²) in [6, 6.07) is -2.11. The highest BCUT2D eigenvalue weighted by molar-refractivity contribution is 5.93. The zero-order valence-corrected chi connectivity index (χ0v) is 13.7. The molecule has 0 aromatic rings. The molecule has 1 fully saturated rings. The van der Waals surface area contributed by atoms with Gasteiger partial charge >= 0.3 is 11.9 Å². The fourth-order valence-electron chi connectivity index (χ4n) is 2.08. The second kappa shape index (κ2) is 7.91. The van der Waals surface area contributed by atoms with Crippen molar-refractivity contribution in [3.8, 4) is 0 Å². The summed E-state index contributed by atoms with van der Waals surface area (Å²) < 4.78 is 4.43. The molecule has 0 radical (unpaired) electrons. The number of carboxylic acid groups (broad SMARTS) is 1. The lowest BCUT2D eigenvalue weighted by Crippen LogP contribution is -2.52. The molecule has 3 N–H and O–H groups in total. The molecular formula is C14H23N3O6. The number of carbonyl (C=O) groups excluding carboxylic acids is 3. The predicted molar refractivity (Wildman–Crippen MR) is 79.4 cm³/mol. The summed E-state index contributed by atoms with van der Waals surface area (Å²) in [5, 5.41) is 13.9. The predicted octanol–water partition coefficient (Wildman–Crippen LogP) is -1.43. The minimum atomic E-state index is -1.00. The van der Waals surface area contributed by atoms with Gasteiger partial charge in [-0.05, 0) is 12.8 Å². The van der Waals surface area contributed by atoms with Crippen molar-refractivity contribution >= 4 is 23.8 Å². The fourth-order valence-corrected chi connectivity index (χ4v) is 2.08. The second-order valence-electron chi connectivity index (χ2n) is 5.75. The molecule has 9 nitrogen and oxygen atoms in total. The van der Waals surface area contributed by atoms with Crippen LogP contribution in [0.15, 0.2) is 0 Å². The Morgan fingerprint density at radius 3 is 2.35 bits per heavy atom. The van der Waals surface area contributed by atoms with Gasteiger partial charge in [-0.15, -0.1) is 0 Å². The molecule has 1 heterocycles.